The summed E-state index contributed by atoms with van der Waals surface area (Å²) in [6.07, 6.45) is -4.79. The second-order valence-corrected chi connectivity index (χ2v) is 3.03. The number of aliphatic hydroxyl groups is 3. The van der Waals surface area contributed by atoms with E-state index in [-0.39, 0.29) is 6.61 Å². The summed E-state index contributed by atoms with van der Waals surface area (Å²) in [6, 6.07) is -0.530. The lowest BCUT2D eigenvalue weighted by Gasteiger charge is -2.35. The van der Waals surface area contributed by atoms with Crippen molar-refractivity contribution in [3.05, 3.63) is 0 Å². The number of rotatable bonds is 1. The third kappa shape index (κ3) is 2.32. The molecule has 0 aromatic rings. The third-order valence-corrected chi connectivity index (χ3v) is 2.00. The standard InChI is InChI=1S/C7H14N2O5/c1-8-7(13)9-6-5(12)4(11)3(10)2-14-6/h3-6,10-12H,2H2,1H3,(H2,8,9,13)/t3-,4-,5+,6-/m1/s1. The van der Waals surface area contributed by atoms with Gasteiger partial charge in [-0.25, -0.2) is 4.79 Å². The van der Waals surface area contributed by atoms with Crippen molar-refractivity contribution in [3.63, 3.8) is 0 Å². The Kier molecular flexibility index (Phi) is 3.64. The molecule has 0 bridgehead atoms. The van der Waals surface area contributed by atoms with Gasteiger partial charge in [-0.05, 0) is 0 Å². The van der Waals surface area contributed by atoms with Crippen LogP contribution in [0.1, 0.15) is 0 Å². The monoisotopic (exact) mass is 206 g/mol. The lowest BCUT2D eigenvalue weighted by Crippen LogP contribution is -2.59. The fraction of sp³-hybridized carbons (Fsp3) is 0.857. The van der Waals surface area contributed by atoms with Crippen LogP contribution in [-0.2, 0) is 4.74 Å². The first-order chi connectivity index (χ1) is 6.56. The fourth-order valence-electron chi connectivity index (χ4n) is 1.13. The zero-order valence-electron chi connectivity index (χ0n) is 7.67. The highest BCUT2D eigenvalue weighted by Gasteiger charge is 2.38. The molecule has 1 aliphatic rings. The molecule has 1 rings (SSSR count). The van der Waals surface area contributed by atoms with Crippen molar-refractivity contribution in [1.29, 1.82) is 0 Å². The first-order valence-corrected chi connectivity index (χ1v) is 4.20. The van der Waals surface area contributed by atoms with Crippen molar-refractivity contribution in [3.8, 4) is 0 Å². The van der Waals surface area contributed by atoms with Crippen LogP contribution in [0.4, 0.5) is 4.79 Å². The number of carbonyl (C=O) groups is 1. The summed E-state index contributed by atoms with van der Waals surface area (Å²) in [5, 5.41) is 32.3. The Morgan fingerprint density at radius 3 is 2.57 bits per heavy atom. The Bertz CT molecular complexity index is 212. The molecule has 14 heavy (non-hydrogen) atoms. The molecule has 0 aliphatic carbocycles. The molecule has 7 nitrogen and oxygen atoms in total. The van der Waals surface area contributed by atoms with E-state index in [4.69, 9.17) is 9.84 Å². The number of aliphatic hydroxyl groups excluding tert-OH is 3. The van der Waals surface area contributed by atoms with Crippen LogP contribution in [0.5, 0.6) is 0 Å². The van der Waals surface area contributed by atoms with Crippen molar-refractivity contribution in [2.45, 2.75) is 24.5 Å². The van der Waals surface area contributed by atoms with E-state index in [0.29, 0.717) is 0 Å². The van der Waals surface area contributed by atoms with E-state index in [0.717, 1.165) is 0 Å². The van der Waals surface area contributed by atoms with Crippen LogP contribution in [0.15, 0.2) is 0 Å². The molecule has 0 saturated carbocycles. The summed E-state index contributed by atoms with van der Waals surface area (Å²) < 4.78 is 4.91. The molecule has 1 fully saturated rings. The average molecular weight is 206 g/mol. The molecule has 0 aromatic heterocycles. The van der Waals surface area contributed by atoms with Crippen molar-refractivity contribution >= 4 is 6.03 Å². The maximum absolute atomic E-state index is 10.9. The van der Waals surface area contributed by atoms with Crippen LogP contribution in [0, 0.1) is 0 Å². The number of amides is 2. The van der Waals surface area contributed by atoms with Crippen molar-refractivity contribution in [1.82, 2.24) is 10.6 Å². The van der Waals surface area contributed by atoms with Crippen molar-refractivity contribution in [2.75, 3.05) is 13.7 Å². The van der Waals surface area contributed by atoms with E-state index >= 15 is 0 Å². The van der Waals surface area contributed by atoms with Gasteiger partial charge >= 0.3 is 6.03 Å². The maximum Gasteiger partial charge on any atom is 0.316 e. The van der Waals surface area contributed by atoms with Gasteiger partial charge in [0.05, 0.1) is 6.61 Å². The average Bonchev–Trinajstić information content (AvgIpc) is 2.19. The molecule has 0 aromatic carbocycles. The quantitative estimate of drug-likeness (QED) is 0.322. The van der Waals surface area contributed by atoms with Gasteiger partial charge in [0.15, 0.2) is 6.23 Å². The Balaban J connectivity index is 2.50. The predicted octanol–water partition coefficient (Wildman–Crippen LogP) is -2.65. The Labute approximate surface area is 80.7 Å². The summed E-state index contributed by atoms with van der Waals surface area (Å²) >= 11 is 0. The molecular weight excluding hydrogens is 192 g/mol. The van der Waals surface area contributed by atoms with Gasteiger partial charge < -0.3 is 30.7 Å². The zero-order chi connectivity index (χ0) is 10.7. The minimum absolute atomic E-state index is 0.132. The number of hydrogen-bond donors (Lipinski definition) is 5. The molecule has 2 amide bonds. The fourth-order valence-corrected chi connectivity index (χ4v) is 1.13. The van der Waals surface area contributed by atoms with Crippen LogP contribution in [0.2, 0.25) is 0 Å². The lowest BCUT2D eigenvalue weighted by atomic mass is 10.0. The number of ether oxygens (including phenoxy) is 1. The molecule has 0 spiro atoms. The van der Waals surface area contributed by atoms with Gasteiger partial charge in [0.1, 0.15) is 18.3 Å². The minimum atomic E-state index is -1.34. The van der Waals surface area contributed by atoms with Crippen molar-refractivity contribution < 1.29 is 24.9 Å². The SMILES string of the molecule is CNC(=O)N[C@@H]1OC[C@@H](O)[C@@H](O)[C@@H]1O. The number of hydrogen-bond acceptors (Lipinski definition) is 5. The smallest absolute Gasteiger partial charge is 0.316 e. The van der Waals surface area contributed by atoms with Crippen LogP contribution in [-0.4, -0.2) is 59.5 Å². The van der Waals surface area contributed by atoms with Gasteiger partial charge in [-0.2, -0.15) is 0 Å². The third-order valence-electron chi connectivity index (χ3n) is 2.00. The molecule has 1 saturated heterocycles. The van der Waals surface area contributed by atoms with E-state index in [1.807, 2.05) is 0 Å². The molecular formula is C7H14N2O5. The van der Waals surface area contributed by atoms with E-state index < -0.39 is 30.6 Å². The Hall–Kier alpha value is -0.890. The summed E-state index contributed by atoms with van der Waals surface area (Å²) in [7, 11) is 1.41. The van der Waals surface area contributed by atoms with E-state index in [2.05, 4.69) is 10.6 Å². The van der Waals surface area contributed by atoms with E-state index in [9.17, 15) is 15.0 Å². The summed E-state index contributed by atoms with van der Waals surface area (Å²) in [5.41, 5.74) is 0. The van der Waals surface area contributed by atoms with Crippen LogP contribution < -0.4 is 10.6 Å². The summed E-state index contributed by atoms with van der Waals surface area (Å²) in [4.78, 5) is 10.9. The highest BCUT2D eigenvalue weighted by atomic mass is 16.5. The summed E-state index contributed by atoms with van der Waals surface area (Å²) in [6.45, 7) is -0.132. The maximum atomic E-state index is 10.9. The normalized spacial score (nSPS) is 37.7. The Morgan fingerprint density at radius 1 is 1.36 bits per heavy atom. The second-order valence-electron chi connectivity index (χ2n) is 3.03. The summed E-state index contributed by atoms with van der Waals surface area (Å²) in [5.74, 6) is 0. The molecule has 5 N–H and O–H groups in total. The second kappa shape index (κ2) is 4.56. The highest BCUT2D eigenvalue weighted by molar-refractivity contribution is 5.73. The van der Waals surface area contributed by atoms with E-state index in [1.54, 1.807) is 0 Å². The molecule has 0 radical (unpaired) electrons. The topological polar surface area (TPSA) is 111 Å². The predicted molar refractivity (Wildman–Crippen MR) is 45.4 cm³/mol. The van der Waals surface area contributed by atoms with Crippen LogP contribution >= 0.6 is 0 Å². The largest absolute Gasteiger partial charge is 0.388 e. The first kappa shape index (κ1) is 11.2. The number of carbonyl (C=O) groups excluding carboxylic acids is 1. The van der Waals surface area contributed by atoms with Crippen molar-refractivity contribution in [2.24, 2.45) is 0 Å². The van der Waals surface area contributed by atoms with Crippen LogP contribution in [0.25, 0.3) is 0 Å². The van der Waals surface area contributed by atoms with Gasteiger partial charge in [0.2, 0.25) is 0 Å². The highest BCUT2D eigenvalue weighted by Crippen LogP contribution is 2.13. The van der Waals surface area contributed by atoms with E-state index in [1.165, 1.54) is 7.05 Å². The van der Waals surface area contributed by atoms with Gasteiger partial charge in [0, 0.05) is 7.05 Å². The molecule has 1 heterocycles. The number of nitrogens with one attached hydrogen (secondary N) is 2. The molecule has 1 aliphatic heterocycles. The van der Waals surface area contributed by atoms with Gasteiger partial charge in [0.25, 0.3) is 0 Å². The zero-order valence-corrected chi connectivity index (χ0v) is 7.67. The molecule has 82 valence electrons. The van der Waals surface area contributed by atoms with Crippen LogP contribution in [0.3, 0.4) is 0 Å². The number of urea groups is 1. The van der Waals surface area contributed by atoms with Gasteiger partial charge in [-0.1, -0.05) is 0 Å². The Morgan fingerprint density at radius 2 is 2.00 bits per heavy atom. The lowest BCUT2D eigenvalue weighted by molar-refractivity contribution is -0.191. The van der Waals surface area contributed by atoms with Gasteiger partial charge in [-0.15, -0.1) is 0 Å². The first-order valence-electron chi connectivity index (χ1n) is 4.20. The minimum Gasteiger partial charge on any atom is -0.388 e. The molecule has 0 unspecified atom stereocenters. The molecule has 4 atom stereocenters. The molecule has 7 heteroatoms. The van der Waals surface area contributed by atoms with Gasteiger partial charge in [-0.3, -0.25) is 0 Å².